The van der Waals surface area contributed by atoms with Gasteiger partial charge in [0.25, 0.3) is 5.91 Å². The predicted octanol–water partition coefficient (Wildman–Crippen LogP) is 2.49. The van der Waals surface area contributed by atoms with Gasteiger partial charge in [0.2, 0.25) is 0 Å². The van der Waals surface area contributed by atoms with Gasteiger partial charge in [-0.25, -0.2) is 4.98 Å². The van der Waals surface area contributed by atoms with Gasteiger partial charge in [-0.2, -0.15) is 5.10 Å². The van der Waals surface area contributed by atoms with Gasteiger partial charge >= 0.3 is 0 Å². The van der Waals surface area contributed by atoms with E-state index in [1.165, 1.54) is 12.8 Å². The number of imidazole rings is 1. The highest BCUT2D eigenvalue weighted by Gasteiger charge is 2.28. The van der Waals surface area contributed by atoms with Gasteiger partial charge in [-0.05, 0) is 31.0 Å². The van der Waals surface area contributed by atoms with Crippen LogP contribution in [0.1, 0.15) is 46.3 Å². The van der Waals surface area contributed by atoms with Crippen LogP contribution in [0.25, 0.3) is 11.0 Å². The van der Waals surface area contributed by atoms with Crippen molar-refractivity contribution in [2.24, 2.45) is 7.05 Å². The number of hydrogen-bond acceptors (Lipinski definition) is 4. The summed E-state index contributed by atoms with van der Waals surface area (Å²) in [4.78, 5) is 17.4. The molecule has 0 atom stereocenters. The number of amides is 1. The Labute approximate surface area is 157 Å². The molecule has 26 heavy (non-hydrogen) atoms. The van der Waals surface area contributed by atoms with E-state index in [0.29, 0.717) is 18.2 Å². The van der Waals surface area contributed by atoms with Crippen molar-refractivity contribution in [1.82, 2.24) is 25.1 Å². The van der Waals surface area contributed by atoms with Crippen LogP contribution in [0, 0.1) is 0 Å². The third-order valence-corrected chi connectivity index (χ3v) is 5.14. The van der Waals surface area contributed by atoms with Crippen LogP contribution < -0.4 is 10.6 Å². The van der Waals surface area contributed by atoms with Gasteiger partial charge in [0, 0.05) is 49.4 Å². The van der Waals surface area contributed by atoms with Gasteiger partial charge in [-0.1, -0.05) is 0 Å². The fourth-order valence-corrected chi connectivity index (χ4v) is 3.61. The minimum Gasteiger partial charge on any atom is -0.331 e. The Morgan fingerprint density at radius 2 is 2.19 bits per heavy atom. The summed E-state index contributed by atoms with van der Waals surface area (Å²) in [6, 6.07) is 5.89. The number of aromatic amines is 1. The summed E-state index contributed by atoms with van der Waals surface area (Å²) < 4.78 is 2.16. The number of aromatic nitrogens is 4. The maximum atomic E-state index is 12.6. The number of H-pyrrole nitrogens is 1. The van der Waals surface area contributed by atoms with Crippen molar-refractivity contribution in [1.29, 1.82) is 0 Å². The summed E-state index contributed by atoms with van der Waals surface area (Å²) in [7, 11) is 2.06. The molecule has 136 valence electrons. The molecule has 3 aromatic rings. The van der Waals surface area contributed by atoms with E-state index in [2.05, 4.69) is 32.4 Å². The zero-order valence-electron chi connectivity index (χ0n) is 14.5. The molecule has 1 aliphatic heterocycles. The highest BCUT2D eigenvalue weighted by atomic mass is 35.5. The number of carbonyl (C=O) groups is 1. The van der Waals surface area contributed by atoms with Crippen molar-refractivity contribution in [2.75, 3.05) is 11.9 Å². The number of nitrogens with one attached hydrogen (secondary N) is 3. The molecule has 3 heterocycles. The summed E-state index contributed by atoms with van der Waals surface area (Å²) >= 11 is 0. The average Bonchev–Trinajstić information content (AvgIpc) is 3.29. The lowest BCUT2D eigenvalue weighted by Crippen LogP contribution is -2.25. The van der Waals surface area contributed by atoms with Crippen molar-refractivity contribution in [3.05, 3.63) is 41.0 Å². The molecule has 2 aromatic heterocycles. The lowest BCUT2D eigenvalue weighted by atomic mass is 10.1. The molecule has 7 nitrogen and oxygen atoms in total. The zero-order valence-corrected chi connectivity index (χ0v) is 15.3. The van der Waals surface area contributed by atoms with Crippen LogP contribution in [0.15, 0.2) is 18.2 Å². The molecule has 0 radical (unpaired) electrons. The number of anilines is 1. The van der Waals surface area contributed by atoms with E-state index in [1.54, 1.807) is 0 Å². The quantitative estimate of drug-likeness (QED) is 0.659. The lowest BCUT2D eigenvalue weighted by molar-refractivity contribution is 0.102. The van der Waals surface area contributed by atoms with Crippen molar-refractivity contribution < 1.29 is 4.79 Å². The van der Waals surface area contributed by atoms with E-state index in [0.717, 1.165) is 46.8 Å². The first-order valence-corrected chi connectivity index (χ1v) is 8.75. The van der Waals surface area contributed by atoms with Gasteiger partial charge in [0.05, 0.1) is 11.0 Å². The molecule has 1 saturated carbocycles. The summed E-state index contributed by atoms with van der Waals surface area (Å²) in [6.45, 7) is 1.59. The number of benzene rings is 1. The molecule has 1 amide bonds. The Hall–Kier alpha value is -2.38. The van der Waals surface area contributed by atoms with Gasteiger partial charge in [-0.15, -0.1) is 12.4 Å². The highest BCUT2D eigenvalue weighted by molar-refractivity contribution is 6.04. The van der Waals surface area contributed by atoms with Crippen LogP contribution in [-0.4, -0.2) is 32.2 Å². The van der Waals surface area contributed by atoms with Crippen LogP contribution in [0.3, 0.4) is 0 Å². The first kappa shape index (κ1) is 17.1. The first-order valence-electron chi connectivity index (χ1n) is 8.75. The smallest absolute Gasteiger partial charge is 0.276 e. The number of carbonyl (C=O) groups excluding carboxylic acids is 1. The Balaban J connectivity index is 0.00000168. The highest BCUT2D eigenvalue weighted by Crippen LogP contribution is 2.40. The molecule has 5 rings (SSSR count). The average molecular weight is 373 g/mol. The Morgan fingerprint density at radius 3 is 3.00 bits per heavy atom. The Kier molecular flexibility index (Phi) is 4.20. The van der Waals surface area contributed by atoms with Crippen LogP contribution in [-0.2, 0) is 20.0 Å². The molecular formula is C18H21ClN6O. The van der Waals surface area contributed by atoms with Crippen LogP contribution >= 0.6 is 12.4 Å². The molecule has 0 saturated heterocycles. The maximum Gasteiger partial charge on any atom is 0.276 e. The minimum atomic E-state index is -0.182. The molecule has 3 N–H and O–H groups in total. The Morgan fingerprint density at radius 1 is 1.35 bits per heavy atom. The fraction of sp³-hybridized carbons (Fsp3) is 0.389. The minimum absolute atomic E-state index is 0. The number of aryl methyl sites for hydroxylation is 1. The zero-order chi connectivity index (χ0) is 17.0. The van der Waals surface area contributed by atoms with Gasteiger partial charge in [0.15, 0.2) is 5.69 Å². The van der Waals surface area contributed by atoms with Crippen molar-refractivity contribution in [2.45, 2.75) is 31.7 Å². The van der Waals surface area contributed by atoms with E-state index >= 15 is 0 Å². The molecule has 0 unspecified atom stereocenters. The van der Waals surface area contributed by atoms with Crippen LogP contribution in [0.4, 0.5) is 5.69 Å². The third kappa shape index (κ3) is 2.77. The largest absolute Gasteiger partial charge is 0.331 e. The standard InChI is InChI=1S/C18H20N6O.ClH/c1-24-15-5-4-11(8-14(15)21-17(24)10-2-3-10)20-18(25)16-12-9-19-7-6-13(12)22-23-16;/h4-5,8,10,19H,2-3,6-7,9H2,1H3,(H,20,25)(H,22,23);1H. The number of halogens is 1. The van der Waals surface area contributed by atoms with Gasteiger partial charge in [0.1, 0.15) is 5.82 Å². The van der Waals surface area contributed by atoms with Crippen LogP contribution in [0.2, 0.25) is 0 Å². The second kappa shape index (κ2) is 6.41. The second-order valence-corrected chi connectivity index (χ2v) is 6.92. The number of rotatable bonds is 3. The fourth-order valence-electron chi connectivity index (χ4n) is 3.61. The number of hydrogen-bond donors (Lipinski definition) is 3. The van der Waals surface area contributed by atoms with E-state index < -0.39 is 0 Å². The number of nitrogens with zero attached hydrogens (tertiary/aromatic N) is 3. The van der Waals surface area contributed by atoms with Crippen molar-refractivity contribution in [3.63, 3.8) is 0 Å². The van der Waals surface area contributed by atoms with Gasteiger partial charge < -0.3 is 15.2 Å². The normalized spacial score (nSPS) is 16.2. The molecule has 2 aliphatic rings. The van der Waals surface area contributed by atoms with E-state index in [9.17, 15) is 4.79 Å². The molecule has 1 aliphatic carbocycles. The summed E-state index contributed by atoms with van der Waals surface area (Å²) in [6.07, 6.45) is 3.32. The van der Waals surface area contributed by atoms with E-state index in [4.69, 9.17) is 4.98 Å². The predicted molar refractivity (Wildman–Crippen MR) is 102 cm³/mol. The molecular weight excluding hydrogens is 352 g/mol. The monoisotopic (exact) mass is 372 g/mol. The first-order chi connectivity index (χ1) is 12.2. The maximum absolute atomic E-state index is 12.6. The third-order valence-electron chi connectivity index (χ3n) is 5.14. The van der Waals surface area contributed by atoms with Crippen molar-refractivity contribution in [3.8, 4) is 0 Å². The van der Waals surface area contributed by atoms with E-state index in [-0.39, 0.29) is 18.3 Å². The van der Waals surface area contributed by atoms with Crippen LogP contribution in [0.5, 0.6) is 0 Å². The molecule has 1 aromatic carbocycles. The van der Waals surface area contributed by atoms with E-state index in [1.807, 2.05) is 18.2 Å². The summed E-state index contributed by atoms with van der Waals surface area (Å²) in [5, 5.41) is 13.4. The van der Waals surface area contributed by atoms with Gasteiger partial charge in [-0.3, -0.25) is 9.89 Å². The molecule has 0 spiro atoms. The van der Waals surface area contributed by atoms with Crippen molar-refractivity contribution >= 4 is 35.0 Å². The number of fused-ring (bicyclic) bond motifs is 2. The second-order valence-electron chi connectivity index (χ2n) is 6.92. The summed E-state index contributed by atoms with van der Waals surface area (Å²) in [5.74, 6) is 1.56. The Bertz CT molecular complexity index is 987. The summed E-state index contributed by atoms with van der Waals surface area (Å²) in [5.41, 5.74) is 5.27. The SMILES string of the molecule is Cl.Cn1c(C2CC2)nc2cc(NC(=O)c3n[nH]c4c3CNCC4)ccc21. The molecule has 8 heteroatoms. The molecule has 0 bridgehead atoms. The lowest BCUT2D eigenvalue weighted by Gasteiger charge is -2.12. The molecule has 1 fully saturated rings. The topological polar surface area (TPSA) is 87.6 Å².